The third-order valence-electron chi connectivity index (χ3n) is 2.16. The number of nitrogen functional groups attached to an aromatic ring is 1. The van der Waals surface area contributed by atoms with Gasteiger partial charge in [0, 0.05) is 18.3 Å². The fourth-order valence-electron chi connectivity index (χ4n) is 1.57. The van der Waals surface area contributed by atoms with Crippen LogP contribution in [-0.4, -0.2) is 10.8 Å². The van der Waals surface area contributed by atoms with E-state index in [0.29, 0.717) is 17.7 Å². The van der Waals surface area contributed by atoms with Gasteiger partial charge in [0.05, 0.1) is 11.3 Å². The predicted octanol–water partition coefficient (Wildman–Crippen LogP) is 1.18. The van der Waals surface area contributed by atoms with Gasteiger partial charge in [-0.2, -0.15) is 0 Å². The molecule has 0 aliphatic heterocycles. The number of nitrogens with zero attached hydrogens (tertiary/aromatic N) is 1. The van der Waals surface area contributed by atoms with E-state index in [2.05, 4.69) is 4.98 Å². The molecule has 0 atom stereocenters. The Hall–Kier alpha value is -1.38. The van der Waals surface area contributed by atoms with Gasteiger partial charge in [0.1, 0.15) is 0 Å². The Morgan fingerprint density at radius 2 is 2.25 bits per heavy atom. The van der Waals surface area contributed by atoms with E-state index in [1.54, 1.807) is 12.3 Å². The summed E-state index contributed by atoms with van der Waals surface area (Å²) in [5, 5.41) is 0. The molecule has 2 rings (SSSR count). The van der Waals surface area contributed by atoms with Crippen molar-refractivity contribution in [3.8, 4) is 0 Å². The van der Waals surface area contributed by atoms with E-state index in [-0.39, 0.29) is 5.78 Å². The lowest BCUT2D eigenvalue weighted by molar-refractivity contribution is 0.0972. The van der Waals surface area contributed by atoms with Crippen LogP contribution in [0.3, 0.4) is 0 Å². The van der Waals surface area contributed by atoms with Gasteiger partial charge < -0.3 is 5.73 Å². The van der Waals surface area contributed by atoms with Crippen molar-refractivity contribution < 1.29 is 4.79 Å². The van der Waals surface area contributed by atoms with E-state index in [9.17, 15) is 4.79 Å². The number of ketones is 1. The molecule has 0 aromatic carbocycles. The van der Waals surface area contributed by atoms with Crippen LogP contribution in [0.4, 0.5) is 5.69 Å². The van der Waals surface area contributed by atoms with Crippen LogP contribution < -0.4 is 5.73 Å². The van der Waals surface area contributed by atoms with Gasteiger partial charge in [-0.05, 0) is 18.9 Å². The Bertz CT molecular complexity index is 333. The highest BCUT2D eigenvalue weighted by Gasteiger charge is 2.19. The SMILES string of the molecule is Nc1ccnc2c1C(=O)CCC2. The van der Waals surface area contributed by atoms with E-state index in [0.717, 1.165) is 18.5 Å². The first kappa shape index (κ1) is 7.28. The number of hydrogen-bond acceptors (Lipinski definition) is 3. The van der Waals surface area contributed by atoms with Crippen LogP contribution in [0, 0.1) is 0 Å². The highest BCUT2D eigenvalue weighted by Crippen LogP contribution is 2.23. The zero-order chi connectivity index (χ0) is 8.55. The molecule has 0 bridgehead atoms. The second-order valence-corrected chi connectivity index (χ2v) is 3.00. The Morgan fingerprint density at radius 1 is 1.42 bits per heavy atom. The summed E-state index contributed by atoms with van der Waals surface area (Å²) in [7, 11) is 0. The molecule has 0 saturated carbocycles. The zero-order valence-corrected chi connectivity index (χ0v) is 6.71. The minimum atomic E-state index is 0.141. The first-order valence-electron chi connectivity index (χ1n) is 4.05. The van der Waals surface area contributed by atoms with Crippen molar-refractivity contribution in [3.05, 3.63) is 23.5 Å². The van der Waals surface area contributed by atoms with Crippen molar-refractivity contribution in [1.82, 2.24) is 4.98 Å². The molecule has 0 spiro atoms. The molecule has 1 heterocycles. The zero-order valence-electron chi connectivity index (χ0n) is 6.71. The summed E-state index contributed by atoms with van der Waals surface area (Å²) < 4.78 is 0. The third kappa shape index (κ3) is 0.978. The quantitative estimate of drug-likeness (QED) is 0.623. The summed E-state index contributed by atoms with van der Waals surface area (Å²) in [6.45, 7) is 0. The van der Waals surface area contributed by atoms with Gasteiger partial charge >= 0.3 is 0 Å². The maximum atomic E-state index is 11.4. The Morgan fingerprint density at radius 3 is 3.00 bits per heavy atom. The number of carbonyl (C=O) groups excluding carboxylic acids is 1. The average Bonchev–Trinajstić information content (AvgIpc) is 2.04. The molecule has 1 aromatic heterocycles. The molecule has 0 fully saturated rings. The molecular weight excluding hydrogens is 152 g/mol. The smallest absolute Gasteiger partial charge is 0.166 e. The number of pyridine rings is 1. The summed E-state index contributed by atoms with van der Waals surface area (Å²) >= 11 is 0. The first-order valence-corrected chi connectivity index (χ1v) is 4.05. The number of aryl methyl sites for hydroxylation is 1. The molecule has 2 N–H and O–H groups in total. The molecule has 0 unspecified atom stereocenters. The summed E-state index contributed by atoms with van der Waals surface area (Å²) in [6.07, 6.45) is 4.06. The minimum absolute atomic E-state index is 0.141. The molecule has 1 aliphatic carbocycles. The first-order chi connectivity index (χ1) is 5.79. The number of nitrogens with two attached hydrogens (primary N) is 1. The molecule has 0 saturated heterocycles. The van der Waals surface area contributed by atoms with E-state index < -0.39 is 0 Å². The van der Waals surface area contributed by atoms with Crippen LogP contribution in [-0.2, 0) is 6.42 Å². The van der Waals surface area contributed by atoms with E-state index in [4.69, 9.17) is 5.73 Å². The van der Waals surface area contributed by atoms with Crippen LogP contribution in [0.1, 0.15) is 28.9 Å². The number of anilines is 1. The van der Waals surface area contributed by atoms with Crippen molar-refractivity contribution in [1.29, 1.82) is 0 Å². The number of fused-ring (bicyclic) bond motifs is 1. The second kappa shape index (κ2) is 2.59. The lowest BCUT2D eigenvalue weighted by Gasteiger charge is -2.14. The lowest BCUT2D eigenvalue weighted by Crippen LogP contribution is -2.14. The van der Waals surface area contributed by atoms with Crippen molar-refractivity contribution in [2.45, 2.75) is 19.3 Å². The largest absolute Gasteiger partial charge is 0.398 e. The lowest BCUT2D eigenvalue weighted by atomic mass is 9.94. The van der Waals surface area contributed by atoms with Crippen LogP contribution in [0.15, 0.2) is 12.3 Å². The highest BCUT2D eigenvalue weighted by atomic mass is 16.1. The topological polar surface area (TPSA) is 56.0 Å². The van der Waals surface area contributed by atoms with E-state index in [1.165, 1.54) is 0 Å². The van der Waals surface area contributed by atoms with E-state index >= 15 is 0 Å². The van der Waals surface area contributed by atoms with Crippen LogP contribution in [0.2, 0.25) is 0 Å². The molecule has 0 amide bonds. The maximum absolute atomic E-state index is 11.4. The Balaban J connectivity index is 2.60. The second-order valence-electron chi connectivity index (χ2n) is 3.00. The van der Waals surface area contributed by atoms with Crippen LogP contribution >= 0.6 is 0 Å². The summed E-state index contributed by atoms with van der Waals surface area (Å²) in [6, 6.07) is 1.68. The van der Waals surface area contributed by atoms with Crippen molar-refractivity contribution in [2.75, 3.05) is 5.73 Å². The molecule has 3 heteroatoms. The molecule has 3 nitrogen and oxygen atoms in total. The number of carbonyl (C=O) groups is 1. The molecule has 62 valence electrons. The molecular formula is C9H10N2O. The number of hydrogen-bond donors (Lipinski definition) is 1. The monoisotopic (exact) mass is 162 g/mol. The van der Waals surface area contributed by atoms with Gasteiger partial charge in [0.25, 0.3) is 0 Å². The summed E-state index contributed by atoms with van der Waals surface area (Å²) in [5.41, 5.74) is 7.77. The summed E-state index contributed by atoms with van der Waals surface area (Å²) in [5.74, 6) is 0.141. The van der Waals surface area contributed by atoms with Crippen LogP contribution in [0.25, 0.3) is 0 Å². The normalized spacial score (nSPS) is 15.8. The fourth-order valence-corrected chi connectivity index (χ4v) is 1.57. The number of aromatic nitrogens is 1. The third-order valence-corrected chi connectivity index (χ3v) is 2.16. The molecule has 1 aromatic rings. The van der Waals surface area contributed by atoms with Crippen molar-refractivity contribution in [2.24, 2.45) is 0 Å². The van der Waals surface area contributed by atoms with Gasteiger partial charge in [0.2, 0.25) is 0 Å². The van der Waals surface area contributed by atoms with Crippen LogP contribution in [0.5, 0.6) is 0 Å². The van der Waals surface area contributed by atoms with Gasteiger partial charge in [-0.3, -0.25) is 9.78 Å². The van der Waals surface area contributed by atoms with Gasteiger partial charge in [-0.25, -0.2) is 0 Å². The Kier molecular flexibility index (Phi) is 1.57. The van der Waals surface area contributed by atoms with E-state index in [1.807, 2.05) is 0 Å². The summed E-state index contributed by atoms with van der Waals surface area (Å²) in [4.78, 5) is 15.5. The standard InChI is InChI=1S/C9H10N2O/c10-6-4-5-11-7-2-1-3-8(12)9(6)7/h4-5H,1-3H2,(H2,10,11). The molecule has 12 heavy (non-hydrogen) atoms. The molecule has 1 aliphatic rings. The van der Waals surface area contributed by atoms with Gasteiger partial charge in [-0.1, -0.05) is 0 Å². The molecule has 0 radical (unpaired) electrons. The average molecular weight is 162 g/mol. The number of Topliss-reactive ketones (excluding diaryl/α,β-unsaturated/α-hetero) is 1. The van der Waals surface area contributed by atoms with Gasteiger partial charge in [0.15, 0.2) is 5.78 Å². The van der Waals surface area contributed by atoms with Crippen molar-refractivity contribution >= 4 is 11.5 Å². The minimum Gasteiger partial charge on any atom is -0.398 e. The fraction of sp³-hybridized carbons (Fsp3) is 0.333. The highest BCUT2D eigenvalue weighted by molar-refractivity contribution is 6.02. The van der Waals surface area contributed by atoms with Gasteiger partial charge in [-0.15, -0.1) is 0 Å². The number of rotatable bonds is 0. The maximum Gasteiger partial charge on any atom is 0.166 e. The van der Waals surface area contributed by atoms with Crippen molar-refractivity contribution in [3.63, 3.8) is 0 Å². The predicted molar refractivity (Wildman–Crippen MR) is 45.9 cm³/mol. The Labute approximate surface area is 70.6 Å².